The Morgan fingerprint density at radius 2 is 1.70 bits per heavy atom. The molecular formula is C22H15F3N2O2S. The molecular weight excluding hydrogens is 413 g/mol. The van der Waals surface area contributed by atoms with Gasteiger partial charge in [0.05, 0.1) is 11.3 Å². The van der Waals surface area contributed by atoms with Gasteiger partial charge in [0.25, 0.3) is 5.91 Å². The van der Waals surface area contributed by atoms with Gasteiger partial charge in [0, 0.05) is 4.90 Å². The van der Waals surface area contributed by atoms with Crippen molar-refractivity contribution in [3.05, 3.63) is 83.6 Å². The van der Waals surface area contributed by atoms with E-state index < -0.39 is 23.4 Å². The first-order chi connectivity index (χ1) is 14.3. The Bertz CT molecular complexity index is 1130. The second-order valence-electron chi connectivity index (χ2n) is 6.53. The monoisotopic (exact) mass is 428 g/mol. The van der Waals surface area contributed by atoms with Crippen LogP contribution in [0.3, 0.4) is 0 Å². The van der Waals surface area contributed by atoms with Gasteiger partial charge in [0.15, 0.2) is 10.8 Å². The van der Waals surface area contributed by atoms with Crippen molar-refractivity contribution in [2.75, 3.05) is 5.01 Å². The molecule has 1 aromatic heterocycles. The molecule has 0 bridgehead atoms. The highest BCUT2D eigenvalue weighted by molar-refractivity contribution is 7.99. The number of amides is 1. The summed E-state index contributed by atoms with van der Waals surface area (Å²) in [5, 5.41) is 4.78. The van der Waals surface area contributed by atoms with Crippen LogP contribution in [0, 0.1) is 6.92 Å². The molecule has 0 aliphatic carbocycles. The van der Waals surface area contributed by atoms with Crippen molar-refractivity contribution >= 4 is 35.1 Å². The maximum atomic E-state index is 13.5. The number of halogens is 3. The summed E-state index contributed by atoms with van der Waals surface area (Å²) in [6.45, 7) is 1.97. The lowest BCUT2D eigenvalue weighted by Crippen LogP contribution is -2.25. The molecule has 0 N–H and O–H groups in total. The summed E-state index contributed by atoms with van der Waals surface area (Å²) >= 11 is 1.34. The quantitative estimate of drug-likeness (QED) is 0.473. The molecule has 4 rings (SSSR count). The van der Waals surface area contributed by atoms with Crippen LogP contribution in [-0.2, 0) is 4.79 Å². The predicted molar refractivity (Wildman–Crippen MR) is 109 cm³/mol. The van der Waals surface area contributed by atoms with Crippen molar-refractivity contribution in [2.24, 2.45) is 5.10 Å². The number of carbonyl (C=O) groups is 1. The zero-order chi connectivity index (χ0) is 21.3. The number of rotatable bonds is 4. The zero-order valence-electron chi connectivity index (χ0n) is 15.7. The molecule has 4 nitrogen and oxygen atoms in total. The molecule has 1 amide bonds. The molecule has 30 heavy (non-hydrogen) atoms. The normalized spacial score (nSPS) is 15.7. The number of nitrogens with zero attached hydrogens (tertiary/aromatic N) is 2. The van der Waals surface area contributed by atoms with Gasteiger partial charge in [-0.1, -0.05) is 47.7 Å². The number of alkyl halides is 3. The molecule has 0 saturated carbocycles. The van der Waals surface area contributed by atoms with Gasteiger partial charge in [-0.15, -0.1) is 0 Å². The topological polar surface area (TPSA) is 45.8 Å². The highest BCUT2D eigenvalue weighted by Crippen LogP contribution is 2.34. The summed E-state index contributed by atoms with van der Waals surface area (Å²) < 4.78 is 46.2. The van der Waals surface area contributed by atoms with E-state index in [1.54, 1.807) is 24.3 Å². The van der Waals surface area contributed by atoms with E-state index >= 15 is 0 Å². The second kappa shape index (κ2) is 7.87. The maximum absolute atomic E-state index is 13.5. The molecule has 0 atom stereocenters. The molecule has 2 heterocycles. The van der Waals surface area contributed by atoms with Crippen LogP contribution in [-0.4, -0.2) is 17.8 Å². The highest BCUT2D eigenvalue weighted by Gasteiger charge is 2.47. The van der Waals surface area contributed by atoms with Crippen LogP contribution < -0.4 is 5.01 Å². The molecule has 0 fully saturated rings. The van der Waals surface area contributed by atoms with Gasteiger partial charge in [-0.05, 0) is 49.4 Å². The SMILES string of the molecule is Cc1ccc(Sc2ccc(/C=C3\C(=O)N(c4ccccc4)N=C3C(F)(F)F)o2)cc1. The fourth-order valence-electron chi connectivity index (χ4n) is 2.83. The molecule has 3 aromatic rings. The van der Waals surface area contributed by atoms with Crippen molar-refractivity contribution in [1.29, 1.82) is 0 Å². The summed E-state index contributed by atoms with van der Waals surface area (Å²) in [6.07, 6.45) is -3.70. The van der Waals surface area contributed by atoms with Gasteiger partial charge in [-0.25, -0.2) is 0 Å². The first-order valence-corrected chi connectivity index (χ1v) is 9.74. The van der Waals surface area contributed by atoms with E-state index in [0.29, 0.717) is 5.09 Å². The second-order valence-corrected chi connectivity index (χ2v) is 7.61. The third kappa shape index (κ3) is 4.18. The molecule has 2 aromatic carbocycles. The average molecular weight is 428 g/mol. The molecule has 0 radical (unpaired) electrons. The number of carbonyl (C=O) groups excluding carboxylic acids is 1. The lowest BCUT2D eigenvalue weighted by Gasteiger charge is -2.10. The Morgan fingerprint density at radius 1 is 1.00 bits per heavy atom. The summed E-state index contributed by atoms with van der Waals surface area (Å²) in [5.41, 5.74) is -0.443. The van der Waals surface area contributed by atoms with Crippen LogP contribution in [0.25, 0.3) is 6.08 Å². The van der Waals surface area contributed by atoms with Crippen molar-refractivity contribution in [2.45, 2.75) is 23.1 Å². The fraction of sp³-hybridized carbons (Fsp3) is 0.0909. The Labute approximate surface area is 174 Å². The Balaban J connectivity index is 1.63. The van der Waals surface area contributed by atoms with Crippen molar-refractivity contribution in [1.82, 2.24) is 0 Å². The molecule has 1 aliphatic heterocycles. The lowest BCUT2D eigenvalue weighted by atomic mass is 10.1. The number of hydrogen-bond acceptors (Lipinski definition) is 4. The largest absolute Gasteiger partial charge is 0.450 e. The number of hydrogen-bond donors (Lipinski definition) is 0. The first kappa shape index (κ1) is 20.0. The van der Waals surface area contributed by atoms with E-state index in [2.05, 4.69) is 5.10 Å². The van der Waals surface area contributed by atoms with Gasteiger partial charge in [-0.2, -0.15) is 23.3 Å². The summed E-state index contributed by atoms with van der Waals surface area (Å²) in [6, 6.07) is 18.9. The molecule has 0 saturated heterocycles. The van der Waals surface area contributed by atoms with Crippen LogP contribution in [0.2, 0.25) is 0 Å². The van der Waals surface area contributed by atoms with Gasteiger partial charge in [0.2, 0.25) is 0 Å². The third-order valence-electron chi connectivity index (χ3n) is 4.28. The van der Waals surface area contributed by atoms with Gasteiger partial charge < -0.3 is 4.42 Å². The molecule has 0 unspecified atom stereocenters. The smallest absolute Gasteiger partial charge is 0.435 e. The van der Waals surface area contributed by atoms with Crippen LogP contribution in [0.1, 0.15) is 11.3 Å². The van der Waals surface area contributed by atoms with Crippen LogP contribution in [0.15, 0.2) is 91.8 Å². The fourth-order valence-corrected chi connectivity index (χ4v) is 3.61. The number of para-hydroxylation sites is 1. The Hall–Kier alpha value is -3.26. The van der Waals surface area contributed by atoms with Crippen molar-refractivity contribution in [3.8, 4) is 0 Å². The minimum atomic E-state index is -4.78. The Kier molecular flexibility index (Phi) is 5.26. The summed E-state index contributed by atoms with van der Waals surface area (Å²) in [4.78, 5) is 13.6. The van der Waals surface area contributed by atoms with E-state index in [-0.39, 0.29) is 11.4 Å². The van der Waals surface area contributed by atoms with E-state index in [4.69, 9.17) is 4.42 Å². The summed E-state index contributed by atoms with van der Waals surface area (Å²) in [5.74, 6) is -0.725. The van der Waals surface area contributed by atoms with Crippen LogP contribution in [0.4, 0.5) is 18.9 Å². The van der Waals surface area contributed by atoms with E-state index in [1.807, 2.05) is 31.2 Å². The Morgan fingerprint density at radius 3 is 2.37 bits per heavy atom. The lowest BCUT2D eigenvalue weighted by molar-refractivity contribution is -0.114. The van der Waals surface area contributed by atoms with Crippen molar-refractivity contribution in [3.63, 3.8) is 0 Å². The molecule has 0 spiro atoms. The highest BCUT2D eigenvalue weighted by atomic mass is 32.2. The number of hydrazone groups is 1. The van der Waals surface area contributed by atoms with Gasteiger partial charge in [-0.3, -0.25) is 4.79 Å². The zero-order valence-corrected chi connectivity index (χ0v) is 16.5. The van der Waals surface area contributed by atoms with E-state index in [0.717, 1.165) is 21.5 Å². The number of anilines is 1. The summed E-state index contributed by atoms with van der Waals surface area (Å²) in [7, 11) is 0. The standard InChI is InChI=1S/C22H15F3N2O2S/c1-14-7-10-17(11-8-14)30-19-12-9-16(29-19)13-18-20(22(23,24)25)26-27(21(18)28)15-5-3-2-4-6-15/h2-13H,1H3/b18-13-. The van der Waals surface area contributed by atoms with Crippen molar-refractivity contribution < 1.29 is 22.4 Å². The number of benzene rings is 2. The van der Waals surface area contributed by atoms with E-state index in [1.165, 1.54) is 30.0 Å². The van der Waals surface area contributed by atoms with Gasteiger partial charge >= 0.3 is 6.18 Å². The number of furan rings is 1. The van der Waals surface area contributed by atoms with Crippen LogP contribution in [0.5, 0.6) is 0 Å². The van der Waals surface area contributed by atoms with E-state index in [9.17, 15) is 18.0 Å². The third-order valence-corrected chi connectivity index (χ3v) is 5.20. The first-order valence-electron chi connectivity index (χ1n) is 8.93. The minimum Gasteiger partial charge on any atom is -0.450 e. The molecule has 8 heteroatoms. The maximum Gasteiger partial charge on any atom is 0.435 e. The van der Waals surface area contributed by atoms with Gasteiger partial charge in [0.1, 0.15) is 5.76 Å². The van der Waals surface area contributed by atoms with Crippen LogP contribution >= 0.6 is 11.8 Å². The number of aryl methyl sites for hydroxylation is 1. The molecule has 152 valence electrons. The predicted octanol–water partition coefficient (Wildman–Crippen LogP) is 6.09. The molecule has 1 aliphatic rings. The minimum absolute atomic E-state index is 0.139. The average Bonchev–Trinajstić information content (AvgIpc) is 3.29.